The SMILES string of the molecule is CO[C@H]1O[C@H](COC(C)=O)[C@@H](O)[C@H](O)[C@H]1O[C@@H]1O[C@H](CO)[C@H](O)[C@H](O)[C@H]1O. The van der Waals surface area contributed by atoms with Gasteiger partial charge in [-0.3, -0.25) is 4.79 Å². The molecule has 2 rings (SSSR count). The average Bonchev–Trinajstić information content (AvgIpc) is 2.64. The fraction of sp³-hybridized carbons (Fsp3) is 0.933. The van der Waals surface area contributed by atoms with Gasteiger partial charge in [0.25, 0.3) is 0 Å². The molecule has 0 amide bonds. The maximum Gasteiger partial charge on any atom is 0.302 e. The lowest BCUT2D eigenvalue weighted by atomic mass is 9.97. The van der Waals surface area contributed by atoms with Crippen LogP contribution in [0.4, 0.5) is 0 Å². The Morgan fingerprint density at radius 3 is 2.04 bits per heavy atom. The zero-order valence-electron chi connectivity index (χ0n) is 14.8. The summed E-state index contributed by atoms with van der Waals surface area (Å²) in [6.07, 6.45) is -14.5. The molecule has 27 heavy (non-hydrogen) atoms. The summed E-state index contributed by atoms with van der Waals surface area (Å²) >= 11 is 0. The Hall–Kier alpha value is -0.930. The molecule has 2 fully saturated rings. The summed E-state index contributed by atoms with van der Waals surface area (Å²) in [4.78, 5) is 10.9. The first-order valence-electron chi connectivity index (χ1n) is 8.35. The van der Waals surface area contributed by atoms with Crippen molar-refractivity contribution in [1.29, 1.82) is 0 Å². The monoisotopic (exact) mass is 398 g/mol. The second-order valence-corrected chi connectivity index (χ2v) is 6.36. The van der Waals surface area contributed by atoms with Gasteiger partial charge in [-0.15, -0.1) is 0 Å². The largest absolute Gasteiger partial charge is 0.463 e. The van der Waals surface area contributed by atoms with Crippen molar-refractivity contribution in [3.8, 4) is 0 Å². The zero-order chi connectivity index (χ0) is 20.3. The predicted molar refractivity (Wildman–Crippen MR) is 83.0 cm³/mol. The summed E-state index contributed by atoms with van der Waals surface area (Å²) in [5.74, 6) is -0.603. The number of hydrogen-bond donors (Lipinski definition) is 6. The van der Waals surface area contributed by atoms with Gasteiger partial charge in [0.05, 0.1) is 6.61 Å². The Labute approximate surface area is 154 Å². The van der Waals surface area contributed by atoms with Gasteiger partial charge >= 0.3 is 5.97 Å². The van der Waals surface area contributed by atoms with Crippen molar-refractivity contribution in [2.75, 3.05) is 20.3 Å². The second-order valence-electron chi connectivity index (χ2n) is 6.36. The molecule has 12 heteroatoms. The summed E-state index contributed by atoms with van der Waals surface area (Å²) in [6.45, 7) is 0.181. The van der Waals surface area contributed by atoms with Gasteiger partial charge in [-0.1, -0.05) is 0 Å². The number of methoxy groups -OCH3 is 1. The van der Waals surface area contributed by atoms with Crippen molar-refractivity contribution in [1.82, 2.24) is 0 Å². The molecule has 10 atom stereocenters. The van der Waals surface area contributed by atoms with Crippen molar-refractivity contribution in [2.24, 2.45) is 0 Å². The highest BCUT2D eigenvalue weighted by Gasteiger charge is 2.50. The fourth-order valence-corrected chi connectivity index (χ4v) is 2.91. The van der Waals surface area contributed by atoms with Gasteiger partial charge < -0.3 is 54.3 Å². The Kier molecular flexibility index (Phi) is 7.88. The van der Waals surface area contributed by atoms with Crippen LogP contribution in [0.3, 0.4) is 0 Å². The van der Waals surface area contributed by atoms with Gasteiger partial charge in [0, 0.05) is 14.0 Å². The van der Waals surface area contributed by atoms with Crippen LogP contribution in [0.25, 0.3) is 0 Å². The van der Waals surface area contributed by atoms with Gasteiger partial charge in [-0.05, 0) is 0 Å². The van der Waals surface area contributed by atoms with Gasteiger partial charge in [0.2, 0.25) is 0 Å². The number of aliphatic hydroxyl groups is 6. The van der Waals surface area contributed by atoms with Crippen LogP contribution in [0.15, 0.2) is 0 Å². The van der Waals surface area contributed by atoms with Crippen LogP contribution in [-0.2, 0) is 28.5 Å². The van der Waals surface area contributed by atoms with E-state index in [1.54, 1.807) is 0 Å². The quantitative estimate of drug-likeness (QED) is 0.238. The predicted octanol–water partition coefficient (Wildman–Crippen LogP) is -4.17. The van der Waals surface area contributed by atoms with Crippen LogP contribution in [0.2, 0.25) is 0 Å². The van der Waals surface area contributed by atoms with Crippen LogP contribution >= 0.6 is 0 Å². The van der Waals surface area contributed by atoms with E-state index in [2.05, 4.69) is 0 Å². The Morgan fingerprint density at radius 1 is 0.889 bits per heavy atom. The molecule has 158 valence electrons. The van der Waals surface area contributed by atoms with Crippen LogP contribution < -0.4 is 0 Å². The first-order chi connectivity index (χ1) is 12.7. The fourth-order valence-electron chi connectivity index (χ4n) is 2.91. The number of rotatable bonds is 6. The minimum absolute atomic E-state index is 0.333. The van der Waals surface area contributed by atoms with Crippen LogP contribution in [0.1, 0.15) is 6.92 Å². The number of aliphatic hydroxyl groups excluding tert-OH is 6. The van der Waals surface area contributed by atoms with E-state index in [4.69, 9.17) is 23.7 Å². The molecule has 2 aliphatic rings. The molecule has 0 aromatic heterocycles. The standard InChI is InChI=1S/C15H26O12/c1-5(17)24-4-7-9(19)11(21)13(15(23-2)26-7)27-14-12(22)10(20)8(18)6(3-16)25-14/h6-16,18-22H,3-4H2,1-2H3/t6-,7-,8+,9-,10+,11+,12-,13-,14+,15+/m1/s1. The molecule has 2 aliphatic heterocycles. The van der Waals surface area contributed by atoms with E-state index in [1.165, 1.54) is 14.0 Å². The minimum Gasteiger partial charge on any atom is -0.463 e. The summed E-state index contributed by atoms with van der Waals surface area (Å²) < 4.78 is 25.9. The smallest absolute Gasteiger partial charge is 0.302 e. The highest BCUT2D eigenvalue weighted by molar-refractivity contribution is 5.65. The second kappa shape index (κ2) is 9.52. The summed E-state index contributed by atoms with van der Waals surface area (Å²) in [5, 5.41) is 59.4. The molecule has 0 spiro atoms. The van der Waals surface area contributed by atoms with Crippen LogP contribution in [0.5, 0.6) is 0 Å². The highest BCUT2D eigenvalue weighted by atomic mass is 16.8. The third-order valence-electron chi connectivity index (χ3n) is 4.47. The van der Waals surface area contributed by atoms with Crippen LogP contribution in [-0.4, -0.2) is 118 Å². The van der Waals surface area contributed by atoms with Crippen molar-refractivity contribution in [3.05, 3.63) is 0 Å². The van der Waals surface area contributed by atoms with E-state index in [9.17, 15) is 35.4 Å². The molecule has 12 nitrogen and oxygen atoms in total. The molecule has 0 aromatic carbocycles. The molecular weight excluding hydrogens is 372 g/mol. The third kappa shape index (κ3) is 4.92. The average molecular weight is 398 g/mol. The normalized spacial score (nSPS) is 45.5. The van der Waals surface area contributed by atoms with E-state index in [-0.39, 0.29) is 6.61 Å². The Bertz CT molecular complexity index is 485. The lowest BCUT2D eigenvalue weighted by Crippen LogP contribution is -2.64. The molecule has 0 unspecified atom stereocenters. The molecule has 0 aromatic rings. The Balaban J connectivity index is 2.09. The van der Waals surface area contributed by atoms with E-state index in [1.807, 2.05) is 0 Å². The van der Waals surface area contributed by atoms with E-state index in [0.29, 0.717) is 0 Å². The van der Waals surface area contributed by atoms with Gasteiger partial charge in [-0.2, -0.15) is 0 Å². The maximum absolute atomic E-state index is 10.9. The lowest BCUT2D eigenvalue weighted by molar-refractivity contribution is -0.364. The Morgan fingerprint density at radius 2 is 1.48 bits per heavy atom. The third-order valence-corrected chi connectivity index (χ3v) is 4.47. The van der Waals surface area contributed by atoms with Gasteiger partial charge in [0.1, 0.15) is 55.4 Å². The highest BCUT2D eigenvalue weighted by Crippen LogP contribution is 2.29. The summed E-state index contributed by atoms with van der Waals surface area (Å²) in [5.41, 5.74) is 0. The number of hydrogen-bond acceptors (Lipinski definition) is 12. The summed E-state index contributed by atoms with van der Waals surface area (Å²) in [6, 6.07) is 0. The number of carbonyl (C=O) groups is 1. The van der Waals surface area contributed by atoms with E-state index in [0.717, 1.165) is 0 Å². The molecule has 0 aliphatic carbocycles. The van der Waals surface area contributed by atoms with E-state index >= 15 is 0 Å². The topological polar surface area (TPSA) is 185 Å². The summed E-state index contributed by atoms with van der Waals surface area (Å²) in [7, 11) is 1.24. The molecule has 0 saturated carbocycles. The molecule has 0 radical (unpaired) electrons. The van der Waals surface area contributed by atoms with Crippen molar-refractivity contribution in [3.63, 3.8) is 0 Å². The molecule has 6 N–H and O–H groups in total. The van der Waals surface area contributed by atoms with E-state index < -0.39 is 74.0 Å². The maximum atomic E-state index is 10.9. The molecule has 2 saturated heterocycles. The van der Waals surface area contributed by atoms with Crippen molar-refractivity contribution in [2.45, 2.75) is 68.3 Å². The van der Waals surface area contributed by atoms with Gasteiger partial charge in [-0.25, -0.2) is 0 Å². The zero-order valence-corrected chi connectivity index (χ0v) is 14.8. The van der Waals surface area contributed by atoms with Crippen LogP contribution in [0, 0.1) is 0 Å². The van der Waals surface area contributed by atoms with Crippen molar-refractivity contribution >= 4 is 5.97 Å². The lowest BCUT2D eigenvalue weighted by Gasteiger charge is -2.45. The molecular formula is C15H26O12. The first kappa shape index (κ1) is 22.4. The number of esters is 1. The minimum atomic E-state index is -1.71. The number of carbonyl (C=O) groups excluding carboxylic acids is 1. The molecule has 0 bridgehead atoms. The molecule has 2 heterocycles. The van der Waals surface area contributed by atoms with Gasteiger partial charge in [0.15, 0.2) is 12.6 Å². The number of ether oxygens (including phenoxy) is 5. The first-order valence-corrected chi connectivity index (χ1v) is 8.35. The van der Waals surface area contributed by atoms with Crippen molar-refractivity contribution < 1.29 is 59.1 Å².